The van der Waals surface area contributed by atoms with E-state index < -0.39 is 39.0 Å². The minimum absolute atomic E-state index is 0.0526. The van der Waals surface area contributed by atoms with E-state index >= 15 is 0 Å². The zero-order valence-electron chi connectivity index (χ0n) is 13.8. The fraction of sp³-hybridized carbons (Fsp3) is 0.294. The summed E-state index contributed by atoms with van der Waals surface area (Å²) in [5.74, 6) is -1.47. The van der Waals surface area contributed by atoms with E-state index in [9.17, 15) is 22.8 Å². The average molecular weight is 421 g/mol. The largest absolute Gasteiger partial charge is 0.459 e. The molecule has 1 aromatic heterocycles. The number of carbonyl (C=O) groups excluding carboxylic acids is 2. The molecule has 27 heavy (non-hydrogen) atoms. The van der Waals surface area contributed by atoms with Crippen LogP contribution in [0.1, 0.15) is 29.5 Å². The van der Waals surface area contributed by atoms with Crippen molar-refractivity contribution in [3.05, 3.63) is 47.9 Å². The molecule has 3 rings (SSSR count). The molecule has 1 fully saturated rings. The molecule has 1 unspecified atom stereocenters. The van der Waals surface area contributed by atoms with Crippen LogP contribution in [0.25, 0.3) is 0 Å². The van der Waals surface area contributed by atoms with Gasteiger partial charge in [-0.15, -0.1) is 23.2 Å². The zero-order chi connectivity index (χ0) is 20.0. The molecule has 1 atom stereocenters. The third kappa shape index (κ3) is 3.77. The van der Waals surface area contributed by atoms with Gasteiger partial charge in [-0.2, -0.15) is 13.2 Å². The van der Waals surface area contributed by atoms with Crippen molar-refractivity contribution < 1.29 is 27.2 Å². The Kier molecular flexibility index (Phi) is 4.68. The van der Waals surface area contributed by atoms with Crippen molar-refractivity contribution in [1.29, 1.82) is 0 Å². The molecule has 0 bridgehead atoms. The third-order valence-electron chi connectivity index (χ3n) is 4.33. The number of carbonyl (C=O) groups is 2. The van der Waals surface area contributed by atoms with Gasteiger partial charge in [0.1, 0.15) is 4.33 Å². The van der Waals surface area contributed by atoms with E-state index in [4.69, 9.17) is 27.6 Å². The van der Waals surface area contributed by atoms with Gasteiger partial charge in [0.05, 0.1) is 22.9 Å². The van der Waals surface area contributed by atoms with Crippen LogP contribution in [0.4, 0.5) is 24.5 Å². The highest BCUT2D eigenvalue weighted by atomic mass is 35.5. The standard InChI is InChI=1S/C17H13Cl2F3N2O3/c1-15(8-16(15,18)19)14(26)24-11-5-4-9(7-10(11)17(20,21)22)23-13(25)12-3-2-6-27-12/h2-7H,8H2,1H3,(H,23,25)(H,24,26). The highest BCUT2D eigenvalue weighted by Gasteiger charge is 2.68. The van der Waals surface area contributed by atoms with Gasteiger partial charge in [0.25, 0.3) is 5.91 Å². The number of hydrogen-bond donors (Lipinski definition) is 2. The monoisotopic (exact) mass is 420 g/mol. The predicted octanol–water partition coefficient (Wildman–Crippen LogP) is 5.07. The van der Waals surface area contributed by atoms with Gasteiger partial charge in [-0.05, 0) is 43.7 Å². The molecule has 1 aliphatic carbocycles. The molecule has 144 valence electrons. The number of furan rings is 1. The molecule has 1 aromatic carbocycles. The minimum Gasteiger partial charge on any atom is -0.459 e. The van der Waals surface area contributed by atoms with Crippen molar-refractivity contribution in [2.45, 2.75) is 23.9 Å². The maximum Gasteiger partial charge on any atom is 0.418 e. The van der Waals surface area contributed by atoms with Crippen LogP contribution >= 0.6 is 23.2 Å². The lowest BCUT2D eigenvalue weighted by Gasteiger charge is -2.18. The Morgan fingerprint density at radius 3 is 2.37 bits per heavy atom. The molecule has 0 aliphatic heterocycles. The summed E-state index contributed by atoms with van der Waals surface area (Å²) >= 11 is 11.8. The molecule has 0 spiro atoms. The van der Waals surface area contributed by atoms with Crippen molar-refractivity contribution in [2.24, 2.45) is 5.41 Å². The Bertz CT molecular complexity index is 897. The number of amides is 2. The zero-order valence-corrected chi connectivity index (χ0v) is 15.3. The molecule has 1 heterocycles. The highest BCUT2D eigenvalue weighted by molar-refractivity contribution is 6.53. The van der Waals surface area contributed by atoms with Crippen LogP contribution in [-0.2, 0) is 11.0 Å². The number of benzene rings is 1. The fourth-order valence-corrected chi connectivity index (χ4v) is 3.18. The first-order valence-corrected chi connectivity index (χ1v) is 8.45. The number of alkyl halides is 5. The van der Waals surface area contributed by atoms with E-state index in [2.05, 4.69) is 10.6 Å². The van der Waals surface area contributed by atoms with E-state index in [1.165, 1.54) is 31.4 Å². The van der Waals surface area contributed by atoms with Gasteiger partial charge >= 0.3 is 6.18 Å². The van der Waals surface area contributed by atoms with Crippen LogP contribution in [-0.4, -0.2) is 16.1 Å². The summed E-state index contributed by atoms with van der Waals surface area (Å²) in [5.41, 5.74) is -2.86. The minimum atomic E-state index is -4.77. The van der Waals surface area contributed by atoms with Crippen molar-refractivity contribution in [1.82, 2.24) is 0 Å². The van der Waals surface area contributed by atoms with E-state index in [0.29, 0.717) is 0 Å². The summed E-state index contributed by atoms with van der Waals surface area (Å²) in [5, 5.41) is 4.53. The third-order valence-corrected chi connectivity index (χ3v) is 5.44. The smallest absolute Gasteiger partial charge is 0.418 e. The molecule has 2 aromatic rings. The second kappa shape index (κ2) is 6.45. The Morgan fingerprint density at radius 1 is 1.19 bits per heavy atom. The summed E-state index contributed by atoms with van der Waals surface area (Å²) in [6.07, 6.45) is -3.37. The number of rotatable bonds is 4. The quantitative estimate of drug-likeness (QED) is 0.677. The summed E-state index contributed by atoms with van der Waals surface area (Å²) < 4.78 is 43.8. The molecular formula is C17H13Cl2F3N2O3. The van der Waals surface area contributed by atoms with Gasteiger partial charge in [0, 0.05) is 5.69 Å². The average Bonchev–Trinajstić information content (AvgIpc) is 2.94. The van der Waals surface area contributed by atoms with Crippen LogP contribution in [0, 0.1) is 5.41 Å². The van der Waals surface area contributed by atoms with Crippen LogP contribution in [0.15, 0.2) is 41.0 Å². The summed E-state index contributed by atoms with van der Waals surface area (Å²) in [7, 11) is 0. The summed E-state index contributed by atoms with van der Waals surface area (Å²) in [6.45, 7) is 1.47. The predicted molar refractivity (Wildman–Crippen MR) is 93.9 cm³/mol. The summed E-state index contributed by atoms with van der Waals surface area (Å²) in [4.78, 5) is 24.2. The lowest BCUT2D eigenvalue weighted by Crippen LogP contribution is -2.27. The SMILES string of the molecule is CC1(C(=O)Nc2ccc(NC(=O)c3ccco3)cc2C(F)(F)F)CC1(Cl)Cl. The van der Waals surface area contributed by atoms with E-state index in [-0.39, 0.29) is 17.9 Å². The van der Waals surface area contributed by atoms with Crippen LogP contribution < -0.4 is 10.6 Å². The second-order valence-corrected chi connectivity index (χ2v) is 7.84. The van der Waals surface area contributed by atoms with Gasteiger partial charge in [0.2, 0.25) is 5.91 Å². The maximum absolute atomic E-state index is 13.4. The van der Waals surface area contributed by atoms with Crippen LogP contribution in [0.3, 0.4) is 0 Å². The molecule has 1 aliphatic rings. The van der Waals surface area contributed by atoms with E-state index in [0.717, 1.165) is 12.1 Å². The van der Waals surface area contributed by atoms with Gasteiger partial charge in [-0.3, -0.25) is 9.59 Å². The lowest BCUT2D eigenvalue weighted by atomic mass is 10.1. The normalized spacial score (nSPS) is 20.8. The number of halogens is 5. The number of hydrogen-bond acceptors (Lipinski definition) is 3. The summed E-state index contributed by atoms with van der Waals surface area (Å²) in [6, 6.07) is 5.85. The molecular weight excluding hydrogens is 408 g/mol. The van der Waals surface area contributed by atoms with Crippen molar-refractivity contribution in [3.8, 4) is 0 Å². The van der Waals surface area contributed by atoms with Gasteiger partial charge in [0.15, 0.2) is 5.76 Å². The molecule has 2 amide bonds. The Hall–Kier alpha value is -2.19. The topological polar surface area (TPSA) is 71.3 Å². The maximum atomic E-state index is 13.4. The Balaban J connectivity index is 1.85. The first-order valence-electron chi connectivity index (χ1n) is 7.69. The molecule has 2 N–H and O–H groups in total. The molecule has 10 heteroatoms. The van der Waals surface area contributed by atoms with Gasteiger partial charge in [-0.25, -0.2) is 0 Å². The van der Waals surface area contributed by atoms with E-state index in [1.54, 1.807) is 0 Å². The lowest BCUT2D eigenvalue weighted by molar-refractivity contribution is -0.137. The first-order chi connectivity index (χ1) is 12.4. The Labute approximate surface area is 161 Å². The fourth-order valence-electron chi connectivity index (χ4n) is 2.47. The van der Waals surface area contributed by atoms with Gasteiger partial charge in [-0.1, -0.05) is 0 Å². The first kappa shape index (κ1) is 19.6. The van der Waals surface area contributed by atoms with E-state index in [1.807, 2.05) is 0 Å². The molecule has 0 radical (unpaired) electrons. The van der Waals surface area contributed by atoms with Crippen LogP contribution in [0.5, 0.6) is 0 Å². The van der Waals surface area contributed by atoms with Crippen molar-refractivity contribution in [3.63, 3.8) is 0 Å². The molecule has 5 nitrogen and oxygen atoms in total. The van der Waals surface area contributed by atoms with Crippen molar-refractivity contribution in [2.75, 3.05) is 10.6 Å². The molecule has 1 saturated carbocycles. The molecule has 0 saturated heterocycles. The van der Waals surface area contributed by atoms with Gasteiger partial charge < -0.3 is 15.1 Å². The number of anilines is 2. The second-order valence-electron chi connectivity index (χ2n) is 6.36. The Morgan fingerprint density at radius 2 is 1.85 bits per heavy atom. The van der Waals surface area contributed by atoms with Crippen molar-refractivity contribution >= 4 is 46.4 Å². The van der Waals surface area contributed by atoms with Crippen LogP contribution in [0.2, 0.25) is 0 Å². The number of nitrogens with one attached hydrogen (secondary N) is 2. The highest BCUT2D eigenvalue weighted by Crippen LogP contribution is 2.64.